The number of hydrogen-bond donors (Lipinski definition) is 1. The van der Waals surface area contributed by atoms with Crippen LogP contribution < -0.4 is 5.73 Å². The molecule has 0 saturated carbocycles. The number of aromatic nitrogens is 2. The minimum absolute atomic E-state index is 0.0546. The van der Waals surface area contributed by atoms with Gasteiger partial charge in [0.25, 0.3) is 5.69 Å². The van der Waals surface area contributed by atoms with Gasteiger partial charge >= 0.3 is 0 Å². The first kappa shape index (κ1) is 11.6. The first-order valence-corrected chi connectivity index (χ1v) is 5.18. The molecule has 0 fully saturated rings. The lowest BCUT2D eigenvalue weighted by molar-refractivity contribution is -0.384. The Balaban J connectivity index is 2.56. The van der Waals surface area contributed by atoms with Crippen LogP contribution in [0.3, 0.4) is 0 Å². The fourth-order valence-corrected chi connectivity index (χ4v) is 1.61. The molecule has 0 amide bonds. The molecule has 0 spiro atoms. The fraction of sp³-hybridized carbons (Fsp3) is 0.100. The zero-order chi connectivity index (χ0) is 12.4. The van der Waals surface area contributed by atoms with Crippen LogP contribution >= 0.6 is 11.6 Å². The quantitative estimate of drug-likeness (QED) is 0.667. The van der Waals surface area contributed by atoms with E-state index in [1.54, 1.807) is 12.3 Å². The summed E-state index contributed by atoms with van der Waals surface area (Å²) in [6.07, 6.45) is 1.61. The highest BCUT2D eigenvalue weighted by Gasteiger charge is 2.16. The Bertz CT molecular complexity index is 567. The maximum absolute atomic E-state index is 10.9. The van der Waals surface area contributed by atoms with Gasteiger partial charge in [0.15, 0.2) is 0 Å². The average molecular weight is 253 g/mol. The highest BCUT2D eigenvalue weighted by molar-refractivity contribution is 6.30. The molecule has 0 saturated heterocycles. The van der Waals surface area contributed by atoms with Crippen molar-refractivity contribution in [2.45, 2.75) is 6.54 Å². The second kappa shape index (κ2) is 4.52. The molecule has 1 aromatic carbocycles. The Kier molecular flexibility index (Phi) is 3.08. The van der Waals surface area contributed by atoms with Gasteiger partial charge in [-0.05, 0) is 18.2 Å². The van der Waals surface area contributed by atoms with Gasteiger partial charge in [0.2, 0.25) is 0 Å². The number of nitro benzene ring substituents is 1. The summed E-state index contributed by atoms with van der Waals surface area (Å²) in [6, 6.07) is 6.01. The zero-order valence-electron chi connectivity index (χ0n) is 8.71. The van der Waals surface area contributed by atoms with E-state index in [2.05, 4.69) is 5.10 Å². The molecule has 88 valence electrons. The van der Waals surface area contributed by atoms with Crippen molar-refractivity contribution in [3.8, 4) is 5.69 Å². The molecule has 0 aliphatic carbocycles. The molecule has 0 atom stereocenters. The molecule has 2 rings (SSSR count). The van der Waals surface area contributed by atoms with Crippen LogP contribution in [0, 0.1) is 10.1 Å². The van der Waals surface area contributed by atoms with Crippen LogP contribution in [0.25, 0.3) is 5.69 Å². The van der Waals surface area contributed by atoms with Crippen molar-refractivity contribution < 1.29 is 4.92 Å². The Morgan fingerprint density at radius 2 is 2.24 bits per heavy atom. The third-order valence-electron chi connectivity index (χ3n) is 2.23. The smallest absolute Gasteiger partial charge is 0.294 e. The highest BCUT2D eigenvalue weighted by atomic mass is 35.5. The Morgan fingerprint density at radius 1 is 1.47 bits per heavy atom. The van der Waals surface area contributed by atoms with Crippen molar-refractivity contribution in [2.75, 3.05) is 0 Å². The number of benzene rings is 1. The highest BCUT2D eigenvalue weighted by Crippen LogP contribution is 2.25. The molecule has 2 aromatic rings. The molecule has 2 N–H and O–H groups in total. The van der Waals surface area contributed by atoms with Crippen molar-refractivity contribution >= 4 is 17.3 Å². The standard InChI is InChI=1S/C10H9ClN4O2/c11-7-1-2-9(15(16)17)10(5-7)14-4-3-8(6-12)13-14/h1-5H,6,12H2. The van der Waals surface area contributed by atoms with Crippen molar-refractivity contribution in [1.82, 2.24) is 9.78 Å². The van der Waals surface area contributed by atoms with E-state index < -0.39 is 4.92 Å². The number of nitrogens with two attached hydrogens (primary N) is 1. The molecule has 1 aromatic heterocycles. The van der Waals surface area contributed by atoms with Crippen molar-refractivity contribution in [3.63, 3.8) is 0 Å². The number of hydrogen-bond acceptors (Lipinski definition) is 4. The summed E-state index contributed by atoms with van der Waals surface area (Å²) < 4.78 is 1.40. The number of nitrogens with zero attached hydrogens (tertiary/aromatic N) is 3. The van der Waals surface area contributed by atoms with Gasteiger partial charge in [-0.2, -0.15) is 5.10 Å². The Hall–Kier alpha value is -1.92. The van der Waals surface area contributed by atoms with E-state index in [1.807, 2.05) is 0 Å². The molecular weight excluding hydrogens is 244 g/mol. The van der Waals surface area contributed by atoms with E-state index in [1.165, 1.54) is 22.9 Å². The summed E-state index contributed by atoms with van der Waals surface area (Å²) in [5.41, 5.74) is 6.35. The first-order valence-electron chi connectivity index (χ1n) is 4.80. The van der Waals surface area contributed by atoms with E-state index in [9.17, 15) is 10.1 Å². The monoisotopic (exact) mass is 252 g/mol. The lowest BCUT2D eigenvalue weighted by Gasteiger charge is -2.03. The topological polar surface area (TPSA) is 87.0 Å². The largest absolute Gasteiger partial charge is 0.325 e. The molecule has 17 heavy (non-hydrogen) atoms. The van der Waals surface area contributed by atoms with E-state index in [4.69, 9.17) is 17.3 Å². The van der Waals surface area contributed by atoms with Gasteiger partial charge in [-0.15, -0.1) is 0 Å². The minimum Gasteiger partial charge on any atom is -0.325 e. The van der Waals surface area contributed by atoms with Crippen LogP contribution in [0.1, 0.15) is 5.69 Å². The van der Waals surface area contributed by atoms with Gasteiger partial charge in [0, 0.05) is 23.8 Å². The van der Waals surface area contributed by atoms with E-state index in [-0.39, 0.29) is 12.2 Å². The molecular formula is C10H9ClN4O2. The summed E-state index contributed by atoms with van der Waals surface area (Å²) in [4.78, 5) is 10.4. The van der Waals surface area contributed by atoms with Crippen molar-refractivity contribution in [3.05, 3.63) is 51.3 Å². The van der Waals surface area contributed by atoms with Crippen LogP contribution in [0.15, 0.2) is 30.5 Å². The van der Waals surface area contributed by atoms with Crippen LogP contribution in [0.5, 0.6) is 0 Å². The van der Waals surface area contributed by atoms with Crippen LogP contribution in [-0.2, 0) is 6.54 Å². The summed E-state index contributed by atoms with van der Waals surface area (Å²) >= 11 is 5.82. The maximum atomic E-state index is 10.9. The number of halogens is 1. The number of nitro groups is 1. The molecule has 0 unspecified atom stereocenters. The van der Waals surface area contributed by atoms with Gasteiger partial charge in [-0.25, -0.2) is 4.68 Å². The predicted molar refractivity (Wildman–Crippen MR) is 63.1 cm³/mol. The average Bonchev–Trinajstić information content (AvgIpc) is 2.76. The Morgan fingerprint density at radius 3 is 2.82 bits per heavy atom. The van der Waals surface area contributed by atoms with E-state index in [0.29, 0.717) is 16.4 Å². The SMILES string of the molecule is NCc1ccn(-c2cc(Cl)ccc2[N+](=O)[O-])n1. The summed E-state index contributed by atoms with van der Waals surface area (Å²) in [5.74, 6) is 0. The van der Waals surface area contributed by atoms with Gasteiger partial charge < -0.3 is 5.73 Å². The third kappa shape index (κ3) is 2.27. The first-order chi connectivity index (χ1) is 8.11. The van der Waals surface area contributed by atoms with E-state index >= 15 is 0 Å². The number of rotatable bonds is 3. The molecule has 0 aliphatic heterocycles. The van der Waals surface area contributed by atoms with Crippen molar-refractivity contribution in [2.24, 2.45) is 5.73 Å². The van der Waals surface area contributed by atoms with Gasteiger partial charge in [-0.1, -0.05) is 11.6 Å². The third-order valence-corrected chi connectivity index (χ3v) is 2.47. The molecule has 6 nitrogen and oxygen atoms in total. The molecule has 1 heterocycles. The zero-order valence-corrected chi connectivity index (χ0v) is 9.46. The van der Waals surface area contributed by atoms with Crippen LogP contribution in [0.2, 0.25) is 5.02 Å². The molecule has 0 bridgehead atoms. The summed E-state index contributed by atoms with van der Waals surface area (Å²) in [7, 11) is 0. The Labute approximate surface area is 102 Å². The van der Waals surface area contributed by atoms with E-state index in [0.717, 1.165) is 0 Å². The second-order valence-corrected chi connectivity index (χ2v) is 3.78. The summed E-state index contributed by atoms with van der Waals surface area (Å²) in [5, 5.41) is 15.4. The van der Waals surface area contributed by atoms with Gasteiger partial charge in [-0.3, -0.25) is 10.1 Å². The van der Waals surface area contributed by atoms with Crippen LogP contribution in [-0.4, -0.2) is 14.7 Å². The molecule has 0 aliphatic rings. The molecule has 0 radical (unpaired) electrons. The van der Waals surface area contributed by atoms with Crippen LogP contribution in [0.4, 0.5) is 5.69 Å². The minimum atomic E-state index is -0.477. The second-order valence-electron chi connectivity index (χ2n) is 3.35. The predicted octanol–water partition coefficient (Wildman–Crippen LogP) is 1.89. The van der Waals surface area contributed by atoms with Gasteiger partial charge in [0.05, 0.1) is 10.6 Å². The lowest BCUT2D eigenvalue weighted by atomic mass is 10.3. The summed E-state index contributed by atoms with van der Waals surface area (Å²) in [6.45, 7) is 0.279. The van der Waals surface area contributed by atoms with Gasteiger partial charge in [0.1, 0.15) is 5.69 Å². The fourth-order valence-electron chi connectivity index (χ4n) is 1.44. The van der Waals surface area contributed by atoms with Crippen molar-refractivity contribution in [1.29, 1.82) is 0 Å². The molecule has 7 heteroatoms. The lowest BCUT2D eigenvalue weighted by Crippen LogP contribution is -2.03. The normalized spacial score (nSPS) is 10.5. The maximum Gasteiger partial charge on any atom is 0.294 e.